The molecule has 2 aromatic heterocycles. The molecule has 152 valence electrons. The maximum Gasteiger partial charge on any atom is 0.236 e. The monoisotopic (exact) mass is 519 g/mol. The Morgan fingerprint density at radius 3 is 2.77 bits per heavy atom. The lowest BCUT2D eigenvalue weighted by Crippen LogP contribution is -2.14. The highest BCUT2D eigenvalue weighted by Gasteiger charge is 2.13. The molecule has 4 aromatic rings. The van der Waals surface area contributed by atoms with Crippen molar-refractivity contribution in [2.45, 2.75) is 15.2 Å². The number of aromatic nitrogens is 6. The van der Waals surface area contributed by atoms with Crippen molar-refractivity contribution in [1.82, 2.24) is 30.4 Å². The average molecular weight is 520 g/mol. The first kappa shape index (κ1) is 21.0. The van der Waals surface area contributed by atoms with Crippen LogP contribution in [0.15, 0.2) is 68.6 Å². The van der Waals surface area contributed by atoms with E-state index < -0.39 is 0 Å². The fourth-order valence-electron chi connectivity index (χ4n) is 2.38. The normalized spacial score (nSPS) is 10.8. The molecule has 0 atom stereocenters. The van der Waals surface area contributed by atoms with Gasteiger partial charge in [0.2, 0.25) is 16.2 Å². The number of benzene rings is 2. The molecule has 2 heterocycles. The van der Waals surface area contributed by atoms with Crippen LogP contribution in [-0.4, -0.2) is 42.1 Å². The Morgan fingerprint density at radius 2 is 1.93 bits per heavy atom. The molecule has 0 fully saturated rings. The van der Waals surface area contributed by atoms with Crippen LogP contribution < -0.4 is 5.32 Å². The highest BCUT2D eigenvalue weighted by atomic mass is 79.9. The summed E-state index contributed by atoms with van der Waals surface area (Å²) >= 11 is 7.65. The van der Waals surface area contributed by atoms with E-state index in [9.17, 15) is 4.79 Å². The third-order valence-corrected chi connectivity index (χ3v) is 7.13. The largest absolute Gasteiger partial charge is 0.300 e. The van der Waals surface area contributed by atoms with Gasteiger partial charge in [-0.15, -0.1) is 15.3 Å². The van der Waals surface area contributed by atoms with Gasteiger partial charge < -0.3 is 0 Å². The molecule has 0 aliphatic carbocycles. The molecule has 0 saturated heterocycles. The van der Waals surface area contributed by atoms with Gasteiger partial charge in [-0.05, 0) is 40.3 Å². The van der Waals surface area contributed by atoms with E-state index >= 15 is 0 Å². The topological polar surface area (TPSA) is 98.5 Å². The first-order chi connectivity index (χ1) is 14.7. The van der Waals surface area contributed by atoms with Crippen LogP contribution in [0.5, 0.6) is 0 Å². The van der Waals surface area contributed by atoms with Crippen molar-refractivity contribution in [3.63, 3.8) is 0 Å². The maximum absolute atomic E-state index is 12.3. The summed E-state index contributed by atoms with van der Waals surface area (Å²) in [6, 6.07) is 17.6. The fraction of sp³-hybridized carbons (Fsp3) is 0.111. The van der Waals surface area contributed by atoms with Crippen molar-refractivity contribution in [2.24, 2.45) is 0 Å². The summed E-state index contributed by atoms with van der Waals surface area (Å²) in [4.78, 5) is 12.3. The van der Waals surface area contributed by atoms with E-state index in [-0.39, 0.29) is 11.7 Å². The summed E-state index contributed by atoms with van der Waals surface area (Å²) in [5, 5.41) is 23.6. The van der Waals surface area contributed by atoms with Crippen LogP contribution in [0.4, 0.5) is 5.13 Å². The molecular weight excluding hydrogens is 506 g/mol. The zero-order valence-corrected chi connectivity index (χ0v) is 19.3. The minimum atomic E-state index is -0.192. The van der Waals surface area contributed by atoms with Crippen LogP contribution in [0, 0.1) is 0 Å². The Kier molecular flexibility index (Phi) is 7.10. The number of halogens is 1. The van der Waals surface area contributed by atoms with Gasteiger partial charge in [0, 0.05) is 10.2 Å². The van der Waals surface area contributed by atoms with Gasteiger partial charge in [-0.2, -0.15) is 4.68 Å². The molecule has 2 aromatic carbocycles. The third-order valence-electron chi connectivity index (χ3n) is 3.68. The van der Waals surface area contributed by atoms with Crippen molar-refractivity contribution in [2.75, 3.05) is 11.1 Å². The van der Waals surface area contributed by atoms with Crippen LogP contribution in [0.3, 0.4) is 0 Å². The molecule has 0 spiro atoms. The van der Waals surface area contributed by atoms with Gasteiger partial charge in [0.15, 0.2) is 4.34 Å². The Bertz CT molecular complexity index is 1140. The Labute approximate surface area is 193 Å². The van der Waals surface area contributed by atoms with Gasteiger partial charge in [0.1, 0.15) is 0 Å². The molecule has 1 amide bonds. The number of hydrogen-bond donors (Lipinski definition) is 1. The second kappa shape index (κ2) is 10.2. The lowest BCUT2D eigenvalue weighted by Gasteiger charge is -2.03. The molecule has 30 heavy (non-hydrogen) atoms. The lowest BCUT2D eigenvalue weighted by molar-refractivity contribution is -0.113. The smallest absolute Gasteiger partial charge is 0.236 e. The van der Waals surface area contributed by atoms with Crippen molar-refractivity contribution in [3.8, 4) is 5.69 Å². The van der Waals surface area contributed by atoms with Crippen LogP contribution in [0.25, 0.3) is 5.69 Å². The Balaban J connectivity index is 1.29. The number of para-hydroxylation sites is 1. The van der Waals surface area contributed by atoms with Gasteiger partial charge in [0.25, 0.3) is 0 Å². The summed E-state index contributed by atoms with van der Waals surface area (Å²) in [7, 11) is 0. The molecule has 4 rings (SSSR count). The van der Waals surface area contributed by atoms with Crippen LogP contribution >= 0.6 is 50.8 Å². The average Bonchev–Trinajstić information content (AvgIpc) is 3.41. The Hall–Kier alpha value is -2.28. The number of carbonyl (C=O) groups is 1. The summed E-state index contributed by atoms with van der Waals surface area (Å²) in [5.41, 5.74) is 2.02. The van der Waals surface area contributed by atoms with Gasteiger partial charge in [0.05, 0.1) is 11.4 Å². The van der Waals surface area contributed by atoms with E-state index in [1.807, 2.05) is 42.5 Å². The number of rotatable bonds is 8. The van der Waals surface area contributed by atoms with Crippen LogP contribution in [0.2, 0.25) is 0 Å². The van der Waals surface area contributed by atoms with E-state index in [1.165, 1.54) is 28.7 Å². The zero-order chi connectivity index (χ0) is 20.8. The fourth-order valence-corrected chi connectivity index (χ4v) is 5.22. The minimum Gasteiger partial charge on any atom is -0.300 e. The molecule has 1 N–H and O–H groups in total. The van der Waals surface area contributed by atoms with Crippen molar-refractivity contribution < 1.29 is 4.79 Å². The van der Waals surface area contributed by atoms with Gasteiger partial charge in [-0.3, -0.25) is 10.1 Å². The second-order valence-electron chi connectivity index (χ2n) is 5.84. The summed E-state index contributed by atoms with van der Waals surface area (Å²) < 4.78 is 3.44. The molecular formula is C18H14BrN7OS3. The second-order valence-corrected chi connectivity index (χ2v) is 9.90. The molecule has 0 saturated carbocycles. The van der Waals surface area contributed by atoms with E-state index in [0.717, 1.165) is 20.3 Å². The van der Waals surface area contributed by atoms with Gasteiger partial charge >= 0.3 is 0 Å². The first-order valence-electron chi connectivity index (χ1n) is 8.64. The predicted molar refractivity (Wildman–Crippen MR) is 122 cm³/mol. The van der Waals surface area contributed by atoms with E-state index in [2.05, 4.69) is 59.1 Å². The van der Waals surface area contributed by atoms with E-state index in [0.29, 0.717) is 10.3 Å². The number of thioether (sulfide) groups is 2. The minimum absolute atomic E-state index is 0.160. The highest BCUT2D eigenvalue weighted by Crippen LogP contribution is 2.29. The third kappa shape index (κ3) is 5.65. The number of amides is 1. The standard InChI is InChI=1S/C18H14BrN7OS3/c19-13-6-4-5-12(9-13)10-29-18-23-21-16(30-18)20-15(27)11-28-17-22-24-25-26(17)14-7-2-1-3-8-14/h1-9H,10-11H2,(H,20,21,27). The van der Waals surface area contributed by atoms with Crippen molar-refractivity contribution in [1.29, 1.82) is 0 Å². The highest BCUT2D eigenvalue weighted by molar-refractivity contribution is 9.10. The molecule has 12 heteroatoms. The van der Waals surface area contributed by atoms with Crippen molar-refractivity contribution in [3.05, 3.63) is 64.6 Å². The van der Waals surface area contributed by atoms with Crippen LogP contribution in [0.1, 0.15) is 5.56 Å². The molecule has 0 radical (unpaired) electrons. The molecule has 8 nitrogen and oxygen atoms in total. The van der Waals surface area contributed by atoms with Crippen LogP contribution in [-0.2, 0) is 10.5 Å². The number of anilines is 1. The predicted octanol–water partition coefficient (Wildman–Crippen LogP) is 4.30. The van der Waals surface area contributed by atoms with Gasteiger partial charge in [-0.25, -0.2) is 0 Å². The summed E-state index contributed by atoms with van der Waals surface area (Å²) in [5.74, 6) is 0.746. The molecule has 0 aliphatic rings. The van der Waals surface area contributed by atoms with E-state index in [4.69, 9.17) is 0 Å². The van der Waals surface area contributed by atoms with Crippen molar-refractivity contribution >= 4 is 61.8 Å². The SMILES string of the molecule is O=C(CSc1nnnn1-c1ccccc1)Nc1nnc(SCc2cccc(Br)c2)s1. The maximum atomic E-state index is 12.3. The number of hydrogen-bond acceptors (Lipinski definition) is 9. The quantitative estimate of drug-likeness (QED) is 0.271. The molecule has 0 bridgehead atoms. The number of tetrazole rings is 1. The van der Waals surface area contributed by atoms with E-state index in [1.54, 1.807) is 16.4 Å². The number of carbonyl (C=O) groups excluding carboxylic acids is 1. The number of nitrogens with one attached hydrogen (secondary N) is 1. The zero-order valence-electron chi connectivity index (χ0n) is 15.3. The number of nitrogens with zero attached hydrogens (tertiary/aromatic N) is 6. The summed E-state index contributed by atoms with van der Waals surface area (Å²) in [6.45, 7) is 0. The Morgan fingerprint density at radius 1 is 1.07 bits per heavy atom. The first-order valence-corrected chi connectivity index (χ1v) is 12.2. The summed E-state index contributed by atoms with van der Waals surface area (Å²) in [6.07, 6.45) is 0. The lowest BCUT2D eigenvalue weighted by atomic mass is 10.2. The molecule has 0 aliphatic heterocycles. The molecule has 0 unspecified atom stereocenters. The van der Waals surface area contributed by atoms with Gasteiger partial charge in [-0.1, -0.05) is 81.1 Å².